The number of anilines is 2. The number of hydrogen-bond acceptors (Lipinski definition) is 5. The molecule has 3 N–H and O–H groups in total. The van der Waals surface area contributed by atoms with E-state index in [1.165, 1.54) is 10.6 Å². The number of imidazole rings is 1. The molecular formula is C13H13N5O2S. The fraction of sp³-hybridized carbons (Fsp3) is 0.0769. The molecule has 7 nitrogen and oxygen atoms in total. The van der Waals surface area contributed by atoms with E-state index in [0.717, 1.165) is 5.56 Å². The minimum Gasteiger partial charge on any atom is -0.381 e. The quantitative estimate of drug-likeness (QED) is 0.762. The highest BCUT2D eigenvalue weighted by Crippen LogP contribution is 2.22. The van der Waals surface area contributed by atoms with Crippen LogP contribution >= 0.6 is 0 Å². The van der Waals surface area contributed by atoms with E-state index in [1.54, 1.807) is 36.7 Å². The average Bonchev–Trinajstić information content (AvgIpc) is 2.74. The summed E-state index contributed by atoms with van der Waals surface area (Å²) in [6, 6.07) is 6.84. The summed E-state index contributed by atoms with van der Waals surface area (Å²) in [5, 5.41) is -0.0837. The minimum atomic E-state index is -3.86. The fourth-order valence-electron chi connectivity index (χ4n) is 2.07. The maximum Gasteiger partial charge on any atom is 0.281 e. The average molecular weight is 303 g/mol. The fourth-order valence-corrected chi connectivity index (χ4v) is 3.33. The topological polar surface area (TPSA) is 102 Å². The van der Waals surface area contributed by atoms with Crippen LogP contribution in [0.1, 0.15) is 5.56 Å². The number of nitrogens with zero attached hydrogens (tertiary/aromatic N) is 3. The van der Waals surface area contributed by atoms with Gasteiger partial charge in [0.15, 0.2) is 5.82 Å². The number of aromatic nitrogens is 3. The van der Waals surface area contributed by atoms with Crippen LogP contribution in [0.25, 0.3) is 5.65 Å². The van der Waals surface area contributed by atoms with Gasteiger partial charge in [-0.15, -0.1) is 0 Å². The van der Waals surface area contributed by atoms with Crippen LogP contribution in [0, 0.1) is 6.92 Å². The molecule has 21 heavy (non-hydrogen) atoms. The van der Waals surface area contributed by atoms with Gasteiger partial charge in [-0.25, -0.2) is 4.98 Å². The van der Waals surface area contributed by atoms with E-state index in [4.69, 9.17) is 5.73 Å². The van der Waals surface area contributed by atoms with Crippen molar-refractivity contribution in [3.8, 4) is 0 Å². The van der Waals surface area contributed by atoms with Gasteiger partial charge in [0.1, 0.15) is 5.65 Å². The molecule has 3 rings (SSSR count). The van der Waals surface area contributed by atoms with Gasteiger partial charge >= 0.3 is 0 Å². The third kappa shape index (κ3) is 2.40. The summed E-state index contributed by atoms with van der Waals surface area (Å²) in [6.45, 7) is 1.83. The van der Waals surface area contributed by atoms with E-state index in [9.17, 15) is 8.42 Å². The summed E-state index contributed by atoms with van der Waals surface area (Å²) in [4.78, 5) is 8.00. The monoisotopic (exact) mass is 303 g/mol. The van der Waals surface area contributed by atoms with Crippen molar-refractivity contribution in [2.45, 2.75) is 11.9 Å². The number of pyridine rings is 2. The normalized spacial score (nSPS) is 11.7. The van der Waals surface area contributed by atoms with Crippen molar-refractivity contribution in [3.63, 3.8) is 0 Å². The molecule has 0 amide bonds. The van der Waals surface area contributed by atoms with Crippen molar-refractivity contribution in [1.82, 2.24) is 14.4 Å². The van der Waals surface area contributed by atoms with Crippen LogP contribution in [-0.2, 0) is 10.0 Å². The Labute approximate surface area is 121 Å². The molecule has 0 saturated carbocycles. The summed E-state index contributed by atoms with van der Waals surface area (Å²) in [5.74, 6) is -0.0469. The van der Waals surface area contributed by atoms with Crippen LogP contribution in [0.3, 0.4) is 0 Å². The summed E-state index contributed by atoms with van der Waals surface area (Å²) in [6.07, 6.45) is 4.67. The summed E-state index contributed by atoms with van der Waals surface area (Å²) < 4.78 is 29.0. The molecule has 0 aliphatic heterocycles. The third-order valence-electron chi connectivity index (χ3n) is 2.89. The molecule has 108 valence electrons. The van der Waals surface area contributed by atoms with Crippen molar-refractivity contribution in [2.24, 2.45) is 0 Å². The van der Waals surface area contributed by atoms with E-state index in [2.05, 4.69) is 14.7 Å². The summed E-state index contributed by atoms with van der Waals surface area (Å²) in [7, 11) is -3.86. The number of hydrogen-bond donors (Lipinski definition) is 2. The van der Waals surface area contributed by atoms with E-state index < -0.39 is 10.0 Å². The maximum absolute atomic E-state index is 12.5. The first kappa shape index (κ1) is 13.4. The molecule has 3 aromatic rings. The van der Waals surface area contributed by atoms with Crippen LogP contribution in [0.4, 0.5) is 11.5 Å². The van der Waals surface area contributed by atoms with E-state index in [0.29, 0.717) is 11.3 Å². The van der Waals surface area contributed by atoms with Gasteiger partial charge in [-0.2, -0.15) is 8.42 Å². The Hall–Kier alpha value is -2.61. The van der Waals surface area contributed by atoms with Gasteiger partial charge in [0, 0.05) is 12.4 Å². The van der Waals surface area contributed by atoms with Crippen LogP contribution in [-0.4, -0.2) is 22.8 Å². The first-order valence-corrected chi connectivity index (χ1v) is 7.63. The van der Waals surface area contributed by atoms with Gasteiger partial charge in [-0.1, -0.05) is 6.07 Å². The molecule has 3 heterocycles. The highest BCUT2D eigenvalue weighted by atomic mass is 32.2. The van der Waals surface area contributed by atoms with Crippen LogP contribution in [0.15, 0.2) is 47.9 Å². The van der Waals surface area contributed by atoms with Gasteiger partial charge in [0.05, 0.1) is 11.9 Å². The van der Waals surface area contributed by atoms with E-state index in [-0.39, 0.29) is 10.8 Å². The molecule has 0 aliphatic carbocycles. The first-order valence-electron chi connectivity index (χ1n) is 6.14. The lowest BCUT2D eigenvalue weighted by Gasteiger charge is -2.08. The maximum atomic E-state index is 12.5. The second kappa shape index (κ2) is 4.74. The zero-order valence-corrected chi connectivity index (χ0v) is 12.0. The SMILES string of the molecule is Cc1cncc(NS(=O)(=O)c2c(N)nc3ccccn23)c1. The molecule has 8 heteroatoms. The number of rotatable bonds is 3. The van der Waals surface area contributed by atoms with E-state index in [1.807, 2.05) is 6.92 Å². The molecule has 0 saturated heterocycles. The van der Waals surface area contributed by atoms with Crippen LogP contribution in [0.5, 0.6) is 0 Å². The molecule has 0 radical (unpaired) electrons. The lowest BCUT2D eigenvalue weighted by molar-refractivity contribution is 0.597. The molecule has 0 bridgehead atoms. The lowest BCUT2D eigenvalue weighted by atomic mass is 10.3. The second-order valence-electron chi connectivity index (χ2n) is 4.59. The Kier molecular flexibility index (Phi) is 3.02. The largest absolute Gasteiger partial charge is 0.381 e. The zero-order chi connectivity index (χ0) is 15.0. The predicted molar refractivity (Wildman–Crippen MR) is 79.4 cm³/mol. The highest BCUT2D eigenvalue weighted by Gasteiger charge is 2.24. The Morgan fingerprint density at radius 3 is 2.86 bits per heavy atom. The molecule has 0 unspecified atom stereocenters. The van der Waals surface area contributed by atoms with Crippen LogP contribution in [0.2, 0.25) is 0 Å². The summed E-state index contributed by atoms with van der Waals surface area (Å²) in [5.41, 5.74) is 7.45. The van der Waals surface area contributed by atoms with Gasteiger partial charge < -0.3 is 5.73 Å². The van der Waals surface area contributed by atoms with Crippen LogP contribution < -0.4 is 10.5 Å². The minimum absolute atomic E-state index is 0.0469. The Morgan fingerprint density at radius 2 is 2.10 bits per heavy atom. The van der Waals surface area contributed by atoms with Crippen molar-refractivity contribution in [3.05, 3.63) is 48.4 Å². The number of sulfonamides is 1. The first-order chi connectivity index (χ1) is 9.97. The molecule has 3 aromatic heterocycles. The molecule has 0 aliphatic rings. The molecule has 0 fully saturated rings. The molecular weight excluding hydrogens is 290 g/mol. The van der Waals surface area contributed by atoms with Gasteiger partial charge in [0.25, 0.3) is 10.0 Å². The number of fused-ring (bicyclic) bond motifs is 1. The highest BCUT2D eigenvalue weighted by molar-refractivity contribution is 7.92. The Bertz CT molecular complexity index is 917. The van der Waals surface area contributed by atoms with Gasteiger partial charge in [0.2, 0.25) is 5.03 Å². The third-order valence-corrected chi connectivity index (χ3v) is 4.31. The lowest BCUT2D eigenvalue weighted by Crippen LogP contribution is -2.16. The summed E-state index contributed by atoms with van der Waals surface area (Å²) >= 11 is 0. The number of nitrogens with one attached hydrogen (secondary N) is 1. The van der Waals surface area contributed by atoms with Gasteiger partial charge in [-0.3, -0.25) is 14.1 Å². The number of nitrogens with two attached hydrogens (primary N) is 1. The van der Waals surface area contributed by atoms with Gasteiger partial charge in [-0.05, 0) is 30.7 Å². The van der Waals surface area contributed by atoms with Crippen molar-refractivity contribution in [2.75, 3.05) is 10.5 Å². The Balaban J connectivity index is 2.10. The number of aryl methyl sites for hydroxylation is 1. The van der Waals surface area contributed by atoms with Crippen molar-refractivity contribution >= 4 is 27.2 Å². The van der Waals surface area contributed by atoms with E-state index >= 15 is 0 Å². The van der Waals surface area contributed by atoms with Crippen molar-refractivity contribution in [1.29, 1.82) is 0 Å². The number of nitrogen functional groups attached to an aromatic ring is 1. The molecule has 0 spiro atoms. The predicted octanol–water partition coefficient (Wildman–Crippen LogP) is 1.42. The Morgan fingerprint density at radius 1 is 1.29 bits per heavy atom. The standard InChI is InChI=1S/C13H13N5O2S/c1-9-6-10(8-15-7-9)17-21(19,20)13-12(14)16-11-4-2-3-5-18(11)13/h2-8,17H,14H2,1H3. The zero-order valence-electron chi connectivity index (χ0n) is 11.2. The second-order valence-corrected chi connectivity index (χ2v) is 6.19. The molecule has 0 atom stereocenters. The molecule has 0 aromatic carbocycles. The van der Waals surface area contributed by atoms with Crippen molar-refractivity contribution < 1.29 is 8.42 Å². The smallest absolute Gasteiger partial charge is 0.281 e.